The largest absolute Gasteiger partial charge is 0.432 e. The van der Waals surface area contributed by atoms with Crippen molar-refractivity contribution in [3.05, 3.63) is 32.4 Å². The fourth-order valence-corrected chi connectivity index (χ4v) is 0.638. The first kappa shape index (κ1) is 7.39. The van der Waals surface area contributed by atoms with Crippen molar-refractivity contribution in [2.45, 2.75) is 6.92 Å². The highest BCUT2D eigenvalue weighted by molar-refractivity contribution is 5.26. The molecule has 0 aliphatic rings. The molecule has 0 fully saturated rings. The number of H-pyrrole nitrogens is 1. The van der Waals surface area contributed by atoms with Gasteiger partial charge in [-0.2, -0.15) is 9.97 Å². The van der Waals surface area contributed by atoms with E-state index in [9.17, 15) is 14.9 Å². The van der Waals surface area contributed by atoms with Gasteiger partial charge in [0.15, 0.2) is 0 Å². The molecule has 0 radical (unpaired) electrons. The van der Waals surface area contributed by atoms with Crippen LogP contribution in [0.2, 0.25) is 0 Å². The highest BCUT2D eigenvalue weighted by atomic mass is 16.6. The molecule has 0 atom stereocenters. The van der Waals surface area contributed by atoms with Gasteiger partial charge in [0.2, 0.25) is 0 Å². The molecule has 58 valence electrons. The van der Waals surface area contributed by atoms with Crippen molar-refractivity contribution in [3.63, 3.8) is 0 Å². The van der Waals surface area contributed by atoms with Gasteiger partial charge in [-0.15, -0.1) is 0 Å². The maximum Gasteiger partial charge on any atom is 0.432 e. The summed E-state index contributed by atoms with van der Waals surface area (Å²) in [4.78, 5) is 25.3. The standard InChI is InChI=1S/C5H5N3O3/c1-3-2-6-5(9)7-4(3)8(10)11/h2H,1H3,(H,6,7,9). The Kier molecular flexibility index (Phi) is 1.67. The van der Waals surface area contributed by atoms with E-state index in [4.69, 9.17) is 0 Å². The minimum Gasteiger partial charge on any atom is -0.358 e. The van der Waals surface area contributed by atoms with Gasteiger partial charge in [-0.3, -0.25) is 0 Å². The molecule has 11 heavy (non-hydrogen) atoms. The molecule has 0 aliphatic carbocycles. The molecule has 0 saturated heterocycles. The average Bonchev–Trinajstić information content (AvgIpc) is 1.94. The number of aromatic nitrogens is 2. The van der Waals surface area contributed by atoms with E-state index in [2.05, 4.69) is 4.98 Å². The van der Waals surface area contributed by atoms with Crippen LogP contribution in [-0.2, 0) is 0 Å². The van der Waals surface area contributed by atoms with Gasteiger partial charge in [-0.05, 0) is 11.8 Å². The van der Waals surface area contributed by atoms with Crippen LogP contribution in [0.15, 0.2) is 11.0 Å². The quantitative estimate of drug-likeness (QED) is 0.456. The normalized spacial score (nSPS) is 9.55. The summed E-state index contributed by atoms with van der Waals surface area (Å²) in [5, 5.41) is 10.2. The van der Waals surface area contributed by atoms with Gasteiger partial charge in [0, 0.05) is 6.20 Å². The lowest BCUT2D eigenvalue weighted by atomic mass is 10.4. The molecular formula is C5H5N3O3. The third-order valence-electron chi connectivity index (χ3n) is 1.16. The van der Waals surface area contributed by atoms with Gasteiger partial charge in [-0.25, -0.2) is 4.79 Å². The molecular weight excluding hydrogens is 150 g/mol. The molecule has 6 nitrogen and oxygen atoms in total. The van der Waals surface area contributed by atoms with Crippen molar-refractivity contribution in [2.75, 3.05) is 0 Å². The van der Waals surface area contributed by atoms with E-state index in [-0.39, 0.29) is 5.82 Å². The van der Waals surface area contributed by atoms with Gasteiger partial charge in [0.05, 0.1) is 5.56 Å². The number of nitro groups is 1. The maximum absolute atomic E-state index is 10.5. The smallest absolute Gasteiger partial charge is 0.358 e. The number of rotatable bonds is 1. The number of aryl methyl sites for hydroxylation is 1. The summed E-state index contributed by atoms with van der Waals surface area (Å²) >= 11 is 0. The molecule has 0 aromatic carbocycles. The molecule has 0 unspecified atom stereocenters. The zero-order chi connectivity index (χ0) is 8.43. The van der Waals surface area contributed by atoms with Crippen molar-refractivity contribution in [3.8, 4) is 0 Å². The third-order valence-corrected chi connectivity index (χ3v) is 1.16. The van der Waals surface area contributed by atoms with Crippen LogP contribution in [0.25, 0.3) is 0 Å². The summed E-state index contributed by atoms with van der Waals surface area (Å²) in [6.45, 7) is 1.50. The molecule has 1 aromatic heterocycles. The monoisotopic (exact) mass is 155 g/mol. The van der Waals surface area contributed by atoms with Crippen LogP contribution in [0.1, 0.15) is 5.56 Å². The van der Waals surface area contributed by atoms with Crippen molar-refractivity contribution < 1.29 is 4.92 Å². The second-order valence-corrected chi connectivity index (χ2v) is 1.98. The Bertz CT molecular complexity index is 343. The molecule has 1 rings (SSSR count). The molecule has 0 saturated carbocycles. The van der Waals surface area contributed by atoms with Crippen molar-refractivity contribution in [1.29, 1.82) is 0 Å². The van der Waals surface area contributed by atoms with E-state index in [0.29, 0.717) is 5.56 Å². The van der Waals surface area contributed by atoms with E-state index in [0.717, 1.165) is 6.20 Å². The first-order chi connectivity index (χ1) is 5.11. The van der Waals surface area contributed by atoms with Gasteiger partial charge in [0.25, 0.3) is 0 Å². The highest BCUT2D eigenvalue weighted by Crippen LogP contribution is 2.07. The molecule has 6 heteroatoms. The van der Waals surface area contributed by atoms with Crippen molar-refractivity contribution in [2.24, 2.45) is 0 Å². The van der Waals surface area contributed by atoms with Crippen LogP contribution in [-0.4, -0.2) is 14.9 Å². The first-order valence-electron chi connectivity index (χ1n) is 2.81. The lowest BCUT2D eigenvalue weighted by Gasteiger charge is -1.94. The highest BCUT2D eigenvalue weighted by Gasteiger charge is 2.08. The Morgan fingerprint density at radius 1 is 1.73 bits per heavy atom. The third kappa shape index (κ3) is 1.40. The Morgan fingerprint density at radius 2 is 2.36 bits per heavy atom. The summed E-state index contributed by atoms with van der Waals surface area (Å²) in [6, 6.07) is 0. The van der Waals surface area contributed by atoms with E-state index in [1.54, 1.807) is 0 Å². The molecule has 0 aliphatic heterocycles. The molecule has 1 heterocycles. The van der Waals surface area contributed by atoms with E-state index in [1.807, 2.05) is 4.98 Å². The Hall–Kier alpha value is -1.72. The van der Waals surface area contributed by atoms with Gasteiger partial charge >= 0.3 is 11.5 Å². The van der Waals surface area contributed by atoms with Crippen LogP contribution in [0, 0.1) is 17.0 Å². The van der Waals surface area contributed by atoms with Gasteiger partial charge in [0.1, 0.15) is 0 Å². The predicted octanol–water partition coefficient (Wildman–Crippen LogP) is -0.0135. The van der Waals surface area contributed by atoms with Crippen molar-refractivity contribution in [1.82, 2.24) is 9.97 Å². The summed E-state index contributed by atoms with van der Waals surface area (Å²) in [5.41, 5.74) is -0.364. The maximum atomic E-state index is 10.5. The SMILES string of the molecule is Cc1cnc(=O)[nH]c1[N+](=O)[O-]. The first-order valence-corrected chi connectivity index (χ1v) is 2.81. The van der Waals surface area contributed by atoms with Crippen LogP contribution < -0.4 is 5.69 Å². The topological polar surface area (TPSA) is 88.9 Å². The molecule has 0 amide bonds. The molecule has 1 N–H and O–H groups in total. The fraction of sp³-hybridized carbons (Fsp3) is 0.200. The van der Waals surface area contributed by atoms with Gasteiger partial charge < -0.3 is 10.1 Å². The zero-order valence-corrected chi connectivity index (χ0v) is 5.70. The lowest BCUT2D eigenvalue weighted by Crippen LogP contribution is -2.12. The second-order valence-electron chi connectivity index (χ2n) is 1.98. The van der Waals surface area contributed by atoms with Crippen molar-refractivity contribution >= 4 is 5.82 Å². The van der Waals surface area contributed by atoms with Gasteiger partial charge in [-0.1, -0.05) is 0 Å². The van der Waals surface area contributed by atoms with E-state index < -0.39 is 10.6 Å². The van der Waals surface area contributed by atoms with Crippen LogP contribution in [0.3, 0.4) is 0 Å². The minimum absolute atomic E-state index is 0.301. The minimum atomic E-state index is -0.706. The van der Waals surface area contributed by atoms with Crippen LogP contribution >= 0.6 is 0 Å². The summed E-state index contributed by atoms with van der Waals surface area (Å²) in [7, 11) is 0. The van der Waals surface area contributed by atoms with E-state index >= 15 is 0 Å². The second kappa shape index (κ2) is 2.49. The average molecular weight is 155 g/mol. The Balaban J connectivity index is 3.35. The van der Waals surface area contributed by atoms with Crippen LogP contribution in [0.4, 0.5) is 5.82 Å². The number of nitrogens with one attached hydrogen (secondary N) is 1. The molecule has 0 spiro atoms. The summed E-state index contributed by atoms with van der Waals surface area (Å²) < 4.78 is 0. The number of nitrogens with zero attached hydrogens (tertiary/aromatic N) is 2. The number of hydrogen-bond acceptors (Lipinski definition) is 4. The number of hydrogen-bond donors (Lipinski definition) is 1. The molecule has 1 aromatic rings. The Morgan fingerprint density at radius 3 is 2.82 bits per heavy atom. The van der Waals surface area contributed by atoms with E-state index in [1.165, 1.54) is 6.92 Å². The summed E-state index contributed by atoms with van der Waals surface area (Å²) in [5.74, 6) is -0.301. The summed E-state index contributed by atoms with van der Waals surface area (Å²) in [6.07, 6.45) is 1.16. The predicted molar refractivity (Wildman–Crippen MR) is 36.2 cm³/mol. The fourth-order valence-electron chi connectivity index (χ4n) is 0.638. The lowest BCUT2D eigenvalue weighted by molar-refractivity contribution is -0.390. The van der Waals surface area contributed by atoms with Crippen LogP contribution in [0.5, 0.6) is 0 Å². The number of aromatic amines is 1. The Labute approximate surface area is 61.1 Å². The zero-order valence-electron chi connectivity index (χ0n) is 5.70. The molecule has 0 bridgehead atoms.